The molecule has 1 amide bonds. The summed E-state index contributed by atoms with van der Waals surface area (Å²) in [6.07, 6.45) is 3.37. The van der Waals surface area contributed by atoms with Crippen LogP contribution in [0.15, 0.2) is 29.3 Å². The number of benzene rings is 1. The van der Waals surface area contributed by atoms with E-state index in [2.05, 4.69) is 11.1 Å². The number of aliphatic imine (C=N–C) groups is 1. The van der Waals surface area contributed by atoms with Crippen molar-refractivity contribution < 1.29 is 9.53 Å². The van der Waals surface area contributed by atoms with E-state index in [1.807, 2.05) is 18.2 Å². The lowest BCUT2D eigenvalue weighted by molar-refractivity contribution is -0.123. The molecule has 2 bridgehead atoms. The molecule has 21 heavy (non-hydrogen) atoms. The van der Waals surface area contributed by atoms with Crippen molar-refractivity contribution in [1.82, 2.24) is 0 Å². The third-order valence-corrected chi connectivity index (χ3v) is 4.92. The average molecular weight is 287 g/mol. The molecular formula is C16H21N3O2. The lowest BCUT2D eigenvalue weighted by Crippen LogP contribution is -2.31. The molecular weight excluding hydrogens is 266 g/mol. The minimum Gasteiger partial charge on any atom is -0.497 e. The quantitative estimate of drug-likeness (QED) is 0.653. The van der Waals surface area contributed by atoms with Gasteiger partial charge in [-0.05, 0) is 54.7 Å². The molecule has 2 saturated carbocycles. The van der Waals surface area contributed by atoms with Crippen LogP contribution in [-0.2, 0) is 4.79 Å². The number of hydrogen-bond acceptors (Lipinski definition) is 2. The third-order valence-electron chi connectivity index (χ3n) is 4.92. The zero-order chi connectivity index (χ0) is 15.0. The molecule has 112 valence electrons. The third kappa shape index (κ3) is 2.48. The molecule has 5 nitrogen and oxygen atoms in total. The van der Waals surface area contributed by atoms with Crippen molar-refractivity contribution in [2.75, 3.05) is 7.11 Å². The zero-order valence-corrected chi connectivity index (χ0v) is 12.2. The Kier molecular flexibility index (Phi) is 3.57. The van der Waals surface area contributed by atoms with Crippen molar-refractivity contribution in [3.05, 3.63) is 29.8 Å². The first kappa shape index (κ1) is 13.9. The van der Waals surface area contributed by atoms with Crippen molar-refractivity contribution in [2.24, 2.45) is 34.2 Å². The summed E-state index contributed by atoms with van der Waals surface area (Å²) in [6, 6.07) is 8.00. The molecule has 0 aromatic heterocycles. The summed E-state index contributed by atoms with van der Waals surface area (Å²) in [5.74, 6) is 1.56. The Balaban J connectivity index is 1.94. The van der Waals surface area contributed by atoms with Gasteiger partial charge in [0.25, 0.3) is 5.91 Å². The average Bonchev–Trinajstić information content (AvgIpc) is 3.07. The van der Waals surface area contributed by atoms with E-state index in [1.54, 1.807) is 7.11 Å². The monoisotopic (exact) mass is 287 g/mol. The van der Waals surface area contributed by atoms with Crippen molar-refractivity contribution in [2.45, 2.75) is 25.2 Å². The van der Waals surface area contributed by atoms with Crippen LogP contribution in [0.1, 0.15) is 30.7 Å². The number of carbonyl (C=O) groups is 1. The normalized spacial score (nSPS) is 30.1. The number of hydrogen-bond donors (Lipinski definition) is 2. The first-order chi connectivity index (χ1) is 10.1. The summed E-state index contributed by atoms with van der Waals surface area (Å²) in [5.41, 5.74) is 11.9. The number of ether oxygens (including phenoxy) is 1. The molecule has 1 aromatic rings. The van der Waals surface area contributed by atoms with Gasteiger partial charge < -0.3 is 16.2 Å². The summed E-state index contributed by atoms with van der Waals surface area (Å²) in [7, 11) is 1.65. The minimum atomic E-state index is -0.171. The summed E-state index contributed by atoms with van der Waals surface area (Å²) in [4.78, 5) is 16.2. The highest BCUT2D eigenvalue weighted by molar-refractivity contribution is 5.93. The lowest BCUT2D eigenvalue weighted by Gasteiger charge is -2.29. The van der Waals surface area contributed by atoms with Gasteiger partial charge in [-0.15, -0.1) is 0 Å². The Morgan fingerprint density at radius 1 is 1.29 bits per heavy atom. The van der Waals surface area contributed by atoms with Gasteiger partial charge in [-0.2, -0.15) is 4.99 Å². The Morgan fingerprint density at radius 2 is 2.05 bits per heavy atom. The second kappa shape index (κ2) is 5.39. The Bertz CT molecular complexity index is 581. The van der Waals surface area contributed by atoms with Crippen LogP contribution in [0.25, 0.3) is 0 Å². The number of carbonyl (C=O) groups excluding carboxylic acids is 1. The molecule has 3 rings (SSSR count). The van der Waals surface area contributed by atoms with E-state index >= 15 is 0 Å². The van der Waals surface area contributed by atoms with Crippen LogP contribution >= 0.6 is 0 Å². The largest absolute Gasteiger partial charge is 0.497 e. The number of methoxy groups -OCH3 is 1. The predicted octanol–water partition coefficient (Wildman–Crippen LogP) is 1.62. The van der Waals surface area contributed by atoms with Crippen molar-refractivity contribution >= 4 is 11.9 Å². The van der Waals surface area contributed by atoms with Crippen molar-refractivity contribution in [3.63, 3.8) is 0 Å². The van der Waals surface area contributed by atoms with Gasteiger partial charge in [-0.1, -0.05) is 12.1 Å². The molecule has 0 radical (unpaired) electrons. The fourth-order valence-corrected chi connectivity index (χ4v) is 4.18. The van der Waals surface area contributed by atoms with Crippen LogP contribution in [0, 0.1) is 17.8 Å². The van der Waals surface area contributed by atoms with E-state index in [4.69, 9.17) is 16.2 Å². The first-order valence-electron chi connectivity index (χ1n) is 7.37. The topological polar surface area (TPSA) is 90.7 Å². The van der Waals surface area contributed by atoms with E-state index < -0.39 is 0 Å². The molecule has 0 spiro atoms. The molecule has 2 aliphatic rings. The van der Waals surface area contributed by atoms with Gasteiger partial charge in [-0.25, -0.2) is 0 Å². The SMILES string of the molecule is COc1cccc(C2C3CCC(C3)C2C(=O)N=C(N)N)c1. The van der Waals surface area contributed by atoms with Crippen LogP contribution in [0.5, 0.6) is 5.75 Å². The number of nitrogens with two attached hydrogens (primary N) is 2. The smallest absolute Gasteiger partial charge is 0.252 e. The highest BCUT2D eigenvalue weighted by atomic mass is 16.5. The second-order valence-corrected chi connectivity index (χ2v) is 6.04. The van der Waals surface area contributed by atoms with Gasteiger partial charge in [0.05, 0.1) is 13.0 Å². The standard InChI is InChI=1S/C16H21N3O2/c1-21-12-4-2-3-9(8-12)13-10-5-6-11(7-10)14(13)15(20)19-16(17)18/h2-4,8,10-11,13-14H,5-7H2,1H3,(H4,17,18,19,20). The molecule has 0 aliphatic heterocycles. The highest BCUT2D eigenvalue weighted by Gasteiger charge is 2.51. The van der Waals surface area contributed by atoms with E-state index in [0.29, 0.717) is 11.8 Å². The van der Waals surface area contributed by atoms with Gasteiger partial charge in [0.2, 0.25) is 0 Å². The summed E-state index contributed by atoms with van der Waals surface area (Å²) < 4.78 is 5.30. The molecule has 4 atom stereocenters. The maximum Gasteiger partial charge on any atom is 0.252 e. The first-order valence-corrected chi connectivity index (χ1v) is 7.37. The molecule has 0 saturated heterocycles. The van der Waals surface area contributed by atoms with Gasteiger partial charge in [0.15, 0.2) is 5.96 Å². The Hall–Kier alpha value is -2.04. The maximum atomic E-state index is 12.4. The van der Waals surface area contributed by atoms with Gasteiger partial charge in [0, 0.05) is 0 Å². The number of rotatable bonds is 3. The van der Waals surface area contributed by atoms with E-state index in [9.17, 15) is 4.79 Å². The van der Waals surface area contributed by atoms with Gasteiger partial charge in [0.1, 0.15) is 5.75 Å². The summed E-state index contributed by atoms with van der Waals surface area (Å²) in [6.45, 7) is 0. The van der Waals surface area contributed by atoms with E-state index in [1.165, 1.54) is 6.42 Å². The Labute approximate surface area is 124 Å². The Morgan fingerprint density at radius 3 is 2.76 bits per heavy atom. The van der Waals surface area contributed by atoms with Gasteiger partial charge in [-0.3, -0.25) is 4.79 Å². The zero-order valence-electron chi connectivity index (χ0n) is 12.2. The van der Waals surface area contributed by atoms with Gasteiger partial charge >= 0.3 is 0 Å². The molecule has 0 heterocycles. The molecule has 5 heteroatoms. The van der Waals surface area contributed by atoms with Crippen LogP contribution < -0.4 is 16.2 Å². The van der Waals surface area contributed by atoms with Crippen LogP contribution in [0.4, 0.5) is 0 Å². The number of fused-ring (bicyclic) bond motifs is 2. The molecule has 2 aliphatic carbocycles. The van der Waals surface area contributed by atoms with Crippen molar-refractivity contribution in [1.29, 1.82) is 0 Å². The summed E-state index contributed by atoms with van der Waals surface area (Å²) in [5, 5.41) is 0. The minimum absolute atomic E-state index is 0.0991. The fourth-order valence-electron chi connectivity index (χ4n) is 4.18. The van der Waals surface area contributed by atoms with E-state index in [-0.39, 0.29) is 23.7 Å². The van der Waals surface area contributed by atoms with Crippen LogP contribution in [0.3, 0.4) is 0 Å². The highest BCUT2D eigenvalue weighted by Crippen LogP contribution is 2.57. The number of guanidine groups is 1. The van der Waals surface area contributed by atoms with Crippen LogP contribution in [-0.4, -0.2) is 19.0 Å². The molecule has 4 unspecified atom stereocenters. The second-order valence-electron chi connectivity index (χ2n) is 6.04. The molecule has 2 fully saturated rings. The van der Waals surface area contributed by atoms with Crippen LogP contribution in [0.2, 0.25) is 0 Å². The molecule has 4 N–H and O–H groups in total. The number of nitrogens with zero attached hydrogens (tertiary/aromatic N) is 1. The maximum absolute atomic E-state index is 12.4. The fraction of sp³-hybridized carbons (Fsp3) is 0.500. The van der Waals surface area contributed by atoms with Crippen molar-refractivity contribution in [3.8, 4) is 5.75 Å². The molecule has 1 aromatic carbocycles. The predicted molar refractivity (Wildman–Crippen MR) is 80.9 cm³/mol. The summed E-state index contributed by atoms with van der Waals surface area (Å²) >= 11 is 0. The number of amides is 1. The lowest BCUT2D eigenvalue weighted by atomic mass is 9.75. The van der Waals surface area contributed by atoms with E-state index in [0.717, 1.165) is 24.2 Å².